The molecule has 73 heavy (non-hydrogen) atoms. The number of aryl methyl sites for hydroxylation is 1. The number of alkyl halides is 3. The maximum atomic E-state index is 14.0. The number of likely N-dealkylation sites (tertiary alicyclic amines) is 2. The van der Waals surface area contributed by atoms with Gasteiger partial charge in [-0.05, 0) is 124 Å². The molecule has 0 aliphatic carbocycles. The van der Waals surface area contributed by atoms with Crippen LogP contribution in [0, 0.1) is 23.7 Å². The number of hydrogen-bond donors (Lipinski definition) is 3. The lowest BCUT2D eigenvalue weighted by Crippen LogP contribution is -2.58. The van der Waals surface area contributed by atoms with Gasteiger partial charge in [-0.2, -0.15) is 18.4 Å². The van der Waals surface area contributed by atoms with E-state index in [2.05, 4.69) is 20.5 Å². The molecule has 3 atom stereocenters. The Kier molecular flexibility index (Phi) is 17.4. The minimum Gasteiger partial charge on any atom is -0.391 e. The second-order valence-corrected chi connectivity index (χ2v) is 21.5. The van der Waals surface area contributed by atoms with E-state index in [4.69, 9.17) is 21.7 Å². The lowest BCUT2D eigenvalue weighted by molar-refractivity contribution is -0.144. The SMILES string of the molecule is Cc1ncsc1-c1ccc(CNC(=O)[C@@H]2C[C@@H](O)CN2C(=O)C(NC(=O)COCCCOCCN2CCC(c3ccc(N4C(=S)N(c5ccc(C#N)c(C(F)(F)F)c5)C(=O)C4(C)C)cc3)CC2)C(C)(C)C)cc1. The van der Waals surface area contributed by atoms with Gasteiger partial charge in [0, 0.05) is 45.0 Å². The number of carbonyl (C=O) groups is 4. The van der Waals surface area contributed by atoms with Gasteiger partial charge >= 0.3 is 6.18 Å². The molecule has 3 saturated heterocycles. The van der Waals surface area contributed by atoms with Gasteiger partial charge in [-0.1, -0.05) is 57.2 Å². The van der Waals surface area contributed by atoms with E-state index in [0.717, 1.165) is 76.8 Å². The van der Waals surface area contributed by atoms with Crippen molar-refractivity contribution >= 4 is 63.7 Å². The van der Waals surface area contributed by atoms with Crippen molar-refractivity contribution < 1.29 is 46.9 Å². The van der Waals surface area contributed by atoms with E-state index in [1.54, 1.807) is 41.7 Å². The number of aliphatic hydroxyl groups excluding tert-OH is 1. The molecule has 0 bridgehead atoms. The number of carbonyl (C=O) groups excluding carboxylic acids is 4. The van der Waals surface area contributed by atoms with E-state index < -0.39 is 64.2 Å². The number of hydrogen-bond acceptors (Lipinski definition) is 12. The van der Waals surface area contributed by atoms with Crippen LogP contribution in [-0.2, 0) is 41.4 Å². The first-order valence-corrected chi connectivity index (χ1v) is 25.7. The summed E-state index contributed by atoms with van der Waals surface area (Å²) in [6, 6.07) is 18.5. The summed E-state index contributed by atoms with van der Waals surface area (Å²) in [7, 11) is 0. The number of aliphatic hydroxyl groups is 1. The van der Waals surface area contributed by atoms with Crippen LogP contribution in [0.3, 0.4) is 0 Å². The predicted octanol–water partition coefficient (Wildman–Crippen LogP) is 7.34. The number of ether oxygens (including phenoxy) is 2. The zero-order chi connectivity index (χ0) is 52.8. The van der Waals surface area contributed by atoms with Crippen molar-refractivity contribution in [1.29, 1.82) is 5.26 Å². The third-order valence-corrected chi connectivity index (χ3v) is 15.0. The highest BCUT2D eigenvalue weighted by Gasteiger charge is 2.51. The summed E-state index contributed by atoms with van der Waals surface area (Å²) in [5.41, 5.74) is 2.83. The molecule has 3 aliphatic rings. The highest BCUT2D eigenvalue weighted by Crippen LogP contribution is 2.41. The van der Waals surface area contributed by atoms with E-state index in [1.165, 1.54) is 11.0 Å². The average molecular weight is 1050 g/mol. The molecule has 4 aromatic rings. The van der Waals surface area contributed by atoms with Crippen LogP contribution in [0.1, 0.15) is 94.2 Å². The number of benzene rings is 3. The molecular formula is C53H63F3N8O7S2. The summed E-state index contributed by atoms with van der Waals surface area (Å²) in [6.07, 6.45) is -3.17. The molecule has 7 rings (SSSR count). The molecule has 3 fully saturated rings. The van der Waals surface area contributed by atoms with E-state index >= 15 is 0 Å². The number of β-amino-alcohol motifs (C(OH)–C–C–N with tert-alkyl or cyclic N) is 1. The standard InChI is InChI=1S/C53H63F3N8O7S2/c1-33-45(73-32-59-33)37-10-8-34(9-11-37)29-58-47(67)43-27-41(65)30-62(43)48(68)46(51(2,3)4)60-44(66)31-71-24-7-23-70-25-22-61-20-18-36(19-21-61)35-12-15-39(16-13-35)64-50(72)63(49(69)52(64,5)6)40-17-14-38(28-57)42(26-40)53(54,55)56/h8-17,26,32,36,41,43,46,65H,7,18-25,27,29-31H2,1-6H3,(H,58,67)(H,60,66)/t41-,43+,46?/m1/s1. The van der Waals surface area contributed by atoms with E-state index in [-0.39, 0.29) is 49.4 Å². The molecule has 1 aromatic heterocycles. The summed E-state index contributed by atoms with van der Waals surface area (Å²) in [4.78, 5) is 66.0. The molecule has 0 saturated carbocycles. The molecule has 0 radical (unpaired) electrons. The fourth-order valence-electron chi connectivity index (χ4n) is 9.55. The van der Waals surface area contributed by atoms with Crippen LogP contribution in [0.25, 0.3) is 10.4 Å². The van der Waals surface area contributed by atoms with Gasteiger partial charge < -0.3 is 39.9 Å². The number of nitriles is 1. The summed E-state index contributed by atoms with van der Waals surface area (Å²) in [5, 5.41) is 25.6. The number of nitrogens with zero attached hydrogens (tertiary/aromatic N) is 6. The lowest BCUT2D eigenvalue weighted by Gasteiger charge is -2.35. The van der Waals surface area contributed by atoms with Crippen molar-refractivity contribution in [2.45, 2.75) is 110 Å². The highest BCUT2D eigenvalue weighted by molar-refractivity contribution is 7.81. The Bertz CT molecular complexity index is 2680. The van der Waals surface area contributed by atoms with Gasteiger partial charge in [0.05, 0.1) is 51.7 Å². The number of anilines is 2. The minimum absolute atomic E-state index is 0.0256. The van der Waals surface area contributed by atoms with Crippen molar-refractivity contribution in [3.63, 3.8) is 0 Å². The van der Waals surface area contributed by atoms with E-state index in [0.29, 0.717) is 31.2 Å². The van der Waals surface area contributed by atoms with Crippen molar-refractivity contribution in [3.8, 4) is 16.5 Å². The van der Waals surface area contributed by atoms with Gasteiger partial charge in [-0.3, -0.25) is 24.1 Å². The Balaban J connectivity index is 0.793. The molecule has 4 heterocycles. The van der Waals surface area contributed by atoms with Crippen LogP contribution >= 0.6 is 23.6 Å². The summed E-state index contributed by atoms with van der Waals surface area (Å²) in [5.74, 6) is -1.47. The number of amides is 4. The third-order valence-electron chi connectivity index (χ3n) is 13.6. The van der Waals surface area contributed by atoms with Gasteiger partial charge in [-0.15, -0.1) is 11.3 Å². The third kappa shape index (κ3) is 12.9. The van der Waals surface area contributed by atoms with Crippen LogP contribution in [0.4, 0.5) is 24.5 Å². The van der Waals surface area contributed by atoms with E-state index in [9.17, 15) is 42.7 Å². The normalized spacial score (nSPS) is 19.1. The van der Waals surface area contributed by atoms with Gasteiger partial charge in [0.1, 0.15) is 24.2 Å². The monoisotopic (exact) mass is 1040 g/mol. The number of halogens is 3. The molecule has 3 aliphatic heterocycles. The summed E-state index contributed by atoms with van der Waals surface area (Å²) >= 11 is 7.27. The maximum Gasteiger partial charge on any atom is 0.417 e. The molecule has 3 N–H and O–H groups in total. The van der Waals surface area contributed by atoms with Crippen LogP contribution in [0.2, 0.25) is 0 Å². The Morgan fingerprint density at radius 1 is 0.986 bits per heavy atom. The molecule has 4 amide bonds. The Labute approximate surface area is 433 Å². The van der Waals surface area contributed by atoms with Crippen molar-refractivity contribution in [2.24, 2.45) is 5.41 Å². The van der Waals surface area contributed by atoms with Crippen LogP contribution in [0.5, 0.6) is 0 Å². The topological polar surface area (TPSA) is 181 Å². The summed E-state index contributed by atoms with van der Waals surface area (Å²) < 4.78 is 52.9. The van der Waals surface area contributed by atoms with Gasteiger partial charge in [-0.25, -0.2) is 4.98 Å². The first-order chi connectivity index (χ1) is 34.6. The first kappa shape index (κ1) is 54.9. The predicted molar refractivity (Wildman–Crippen MR) is 276 cm³/mol. The number of piperidine rings is 1. The highest BCUT2D eigenvalue weighted by atomic mass is 32.1. The molecule has 390 valence electrons. The fourth-order valence-corrected chi connectivity index (χ4v) is 10.9. The van der Waals surface area contributed by atoms with Gasteiger partial charge in [0.15, 0.2) is 5.11 Å². The largest absolute Gasteiger partial charge is 0.417 e. The van der Waals surface area contributed by atoms with Crippen molar-refractivity contribution in [1.82, 2.24) is 25.4 Å². The van der Waals surface area contributed by atoms with Crippen LogP contribution in [-0.4, -0.2) is 125 Å². The second-order valence-electron chi connectivity index (χ2n) is 20.3. The number of nitrogens with one attached hydrogen (secondary N) is 2. The van der Waals surface area contributed by atoms with Crippen molar-refractivity contribution in [3.05, 3.63) is 100 Å². The molecular weight excluding hydrogens is 982 g/mol. The summed E-state index contributed by atoms with van der Waals surface area (Å²) in [6.45, 7) is 14.5. The number of rotatable bonds is 18. The Hall–Kier alpha value is -5.82. The number of thiocarbonyl (C=S) groups is 1. The van der Waals surface area contributed by atoms with E-state index in [1.807, 2.05) is 76.2 Å². The average Bonchev–Trinajstić information content (AvgIpc) is 4.02. The first-order valence-electron chi connectivity index (χ1n) is 24.4. The fraction of sp³-hybridized carbons (Fsp3) is 0.491. The quantitative estimate of drug-likeness (QED) is 0.0668. The molecule has 3 aromatic carbocycles. The van der Waals surface area contributed by atoms with Crippen LogP contribution in [0.15, 0.2) is 72.2 Å². The van der Waals surface area contributed by atoms with Crippen molar-refractivity contribution in [2.75, 3.05) is 62.4 Å². The maximum absolute atomic E-state index is 14.0. The lowest BCUT2D eigenvalue weighted by atomic mass is 9.85. The minimum atomic E-state index is -4.79. The number of thiazole rings is 1. The smallest absolute Gasteiger partial charge is 0.391 e. The van der Waals surface area contributed by atoms with Crippen LogP contribution < -0.4 is 20.4 Å². The zero-order valence-corrected chi connectivity index (χ0v) is 43.6. The Morgan fingerprint density at radius 2 is 1.66 bits per heavy atom. The Morgan fingerprint density at radius 3 is 2.29 bits per heavy atom. The molecule has 15 nitrogen and oxygen atoms in total. The van der Waals surface area contributed by atoms with Gasteiger partial charge in [0.25, 0.3) is 5.91 Å². The zero-order valence-electron chi connectivity index (χ0n) is 42.0. The molecule has 0 spiro atoms. The number of aromatic nitrogens is 1. The van der Waals surface area contributed by atoms with Gasteiger partial charge in [0.2, 0.25) is 17.7 Å². The second kappa shape index (κ2) is 23.2. The molecule has 1 unspecified atom stereocenters. The molecule has 20 heteroatoms.